The second-order valence-corrected chi connectivity index (χ2v) is 7.29. The van der Waals surface area contributed by atoms with Crippen molar-refractivity contribution in [3.63, 3.8) is 0 Å². The van der Waals surface area contributed by atoms with Gasteiger partial charge in [-0.05, 0) is 56.1 Å². The molecule has 2 heterocycles. The molecular weight excluding hydrogens is 402 g/mol. The van der Waals surface area contributed by atoms with Gasteiger partial charge >= 0.3 is 0 Å². The van der Waals surface area contributed by atoms with E-state index < -0.39 is 0 Å². The van der Waals surface area contributed by atoms with Crippen LogP contribution in [0.2, 0.25) is 0 Å². The van der Waals surface area contributed by atoms with Gasteiger partial charge in [-0.3, -0.25) is 4.79 Å². The predicted octanol–water partition coefficient (Wildman–Crippen LogP) is 3.76. The highest BCUT2D eigenvalue weighted by Gasteiger charge is 2.19. The first-order valence-corrected chi connectivity index (χ1v) is 9.90. The molecule has 0 saturated carbocycles. The molecule has 0 atom stereocenters. The monoisotopic (exact) mass is 427 g/mol. The number of nitrogens with zero attached hydrogens (tertiary/aromatic N) is 3. The van der Waals surface area contributed by atoms with Crippen LogP contribution < -0.4 is 15.4 Å². The number of piperidine rings is 1. The molecule has 1 aliphatic heterocycles. The lowest BCUT2D eigenvalue weighted by Gasteiger charge is -2.22. The highest BCUT2D eigenvalue weighted by Crippen LogP contribution is 2.27. The molecule has 0 unspecified atom stereocenters. The van der Waals surface area contributed by atoms with Crippen LogP contribution in [0, 0.1) is 6.92 Å². The molecule has 0 radical (unpaired) electrons. The minimum Gasteiger partial charge on any atom is -0.487 e. The quantitative estimate of drug-likeness (QED) is 0.626. The van der Waals surface area contributed by atoms with Crippen molar-refractivity contribution in [2.45, 2.75) is 32.4 Å². The number of carbonyl (C=O) groups excluding carboxylic acids is 1. The molecule has 7 nitrogen and oxygen atoms in total. The summed E-state index contributed by atoms with van der Waals surface area (Å²) in [7, 11) is 0. The Bertz CT molecular complexity index is 971. The first-order valence-electron chi connectivity index (χ1n) is 9.90. The van der Waals surface area contributed by atoms with Crippen LogP contribution in [0.15, 0.2) is 54.7 Å². The fourth-order valence-corrected chi connectivity index (χ4v) is 3.40. The number of amides is 1. The van der Waals surface area contributed by atoms with Gasteiger partial charge in [0.1, 0.15) is 12.4 Å². The van der Waals surface area contributed by atoms with Crippen LogP contribution in [-0.2, 0) is 6.61 Å². The van der Waals surface area contributed by atoms with E-state index in [2.05, 4.69) is 20.9 Å². The van der Waals surface area contributed by atoms with Crippen molar-refractivity contribution in [3.05, 3.63) is 71.5 Å². The minimum atomic E-state index is -0.293. The van der Waals surface area contributed by atoms with Crippen molar-refractivity contribution < 1.29 is 9.53 Å². The average molecular weight is 428 g/mol. The number of anilines is 1. The smallest absolute Gasteiger partial charge is 0.277 e. The van der Waals surface area contributed by atoms with Gasteiger partial charge in [-0.15, -0.1) is 17.5 Å². The van der Waals surface area contributed by atoms with Crippen LogP contribution >= 0.6 is 12.4 Å². The fourth-order valence-electron chi connectivity index (χ4n) is 3.40. The van der Waals surface area contributed by atoms with Crippen LogP contribution in [0.3, 0.4) is 0 Å². The van der Waals surface area contributed by atoms with Crippen LogP contribution in [0.1, 0.15) is 40.5 Å². The zero-order valence-electron chi connectivity index (χ0n) is 16.9. The van der Waals surface area contributed by atoms with Crippen molar-refractivity contribution in [3.8, 4) is 5.75 Å². The third-order valence-electron chi connectivity index (χ3n) is 5.05. The number of rotatable bonds is 6. The van der Waals surface area contributed by atoms with Crippen LogP contribution in [0.25, 0.3) is 0 Å². The van der Waals surface area contributed by atoms with E-state index in [1.54, 1.807) is 10.9 Å². The number of hydrogen-bond acceptors (Lipinski definition) is 5. The predicted molar refractivity (Wildman–Crippen MR) is 118 cm³/mol. The Morgan fingerprint density at radius 2 is 1.97 bits per heavy atom. The molecule has 1 aromatic heterocycles. The van der Waals surface area contributed by atoms with Gasteiger partial charge in [-0.2, -0.15) is 0 Å². The molecule has 8 heteroatoms. The van der Waals surface area contributed by atoms with E-state index in [9.17, 15) is 4.79 Å². The van der Waals surface area contributed by atoms with E-state index in [4.69, 9.17) is 4.74 Å². The van der Waals surface area contributed by atoms with Gasteiger partial charge in [-0.25, -0.2) is 4.68 Å². The third-order valence-corrected chi connectivity index (χ3v) is 5.05. The maximum Gasteiger partial charge on any atom is 0.277 e. The number of carbonyl (C=O) groups is 1. The van der Waals surface area contributed by atoms with E-state index >= 15 is 0 Å². The molecule has 158 valence electrons. The van der Waals surface area contributed by atoms with Crippen LogP contribution in [0.5, 0.6) is 5.75 Å². The van der Waals surface area contributed by atoms with Crippen molar-refractivity contribution >= 4 is 24.0 Å². The number of aromatic nitrogens is 3. The van der Waals surface area contributed by atoms with E-state index in [0.29, 0.717) is 23.7 Å². The van der Waals surface area contributed by atoms with E-state index in [1.165, 1.54) is 0 Å². The molecule has 0 spiro atoms. The number of nitrogens with one attached hydrogen (secondary N) is 2. The maximum absolute atomic E-state index is 12.7. The lowest BCUT2D eigenvalue weighted by atomic mass is 10.1. The maximum atomic E-state index is 12.7. The van der Waals surface area contributed by atoms with Gasteiger partial charge in [-0.1, -0.05) is 41.6 Å². The summed E-state index contributed by atoms with van der Waals surface area (Å²) in [5, 5.41) is 14.5. The highest BCUT2D eigenvalue weighted by molar-refractivity contribution is 6.03. The molecular formula is C22H26ClN5O2. The zero-order valence-corrected chi connectivity index (χ0v) is 17.7. The number of ether oxygens (including phenoxy) is 1. The van der Waals surface area contributed by atoms with Gasteiger partial charge in [0, 0.05) is 0 Å². The largest absolute Gasteiger partial charge is 0.487 e. The number of benzene rings is 2. The van der Waals surface area contributed by atoms with Gasteiger partial charge in [0.15, 0.2) is 5.69 Å². The molecule has 2 N–H and O–H groups in total. The number of hydrogen-bond donors (Lipinski definition) is 2. The molecule has 1 aliphatic rings. The molecule has 4 rings (SSSR count). The Morgan fingerprint density at radius 1 is 1.20 bits per heavy atom. The SMILES string of the molecule is Cc1ccc(NC(=O)c2cn(C3CCNCC3)nn2)c(OCc2ccccc2)c1.Cl. The summed E-state index contributed by atoms with van der Waals surface area (Å²) in [6, 6.07) is 15.9. The molecule has 0 aliphatic carbocycles. The van der Waals surface area contributed by atoms with E-state index in [0.717, 1.165) is 37.1 Å². The first kappa shape index (κ1) is 21.8. The molecule has 3 aromatic rings. The molecule has 30 heavy (non-hydrogen) atoms. The normalized spacial score (nSPS) is 14.0. The van der Waals surface area contributed by atoms with Gasteiger partial charge < -0.3 is 15.4 Å². The minimum absolute atomic E-state index is 0. The Balaban J connectivity index is 0.00000256. The van der Waals surface area contributed by atoms with E-state index in [1.807, 2.05) is 55.5 Å². The van der Waals surface area contributed by atoms with Gasteiger partial charge in [0.2, 0.25) is 0 Å². The third kappa shape index (κ3) is 5.37. The van der Waals surface area contributed by atoms with Crippen molar-refractivity contribution in [2.75, 3.05) is 18.4 Å². The molecule has 0 bridgehead atoms. The molecule has 2 aromatic carbocycles. The Hall–Kier alpha value is -2.90. The van der Waals surface area contributed by atoms with Crippen molar-refractivity contribution in [1.82, 2.24) is 20.3 Å². The second kappa shape index (κ2) is 10.2. The summed E-state index contributed by atoms with van der Waals surface area (Å²) in [6.45, 7) is 4.33. The van der Waals surface area contributed by atoms with E-state index in [-0.39, 0.29) is 24.4 Å². The topological polar surface area (TPSA) is 81.1 Å². The Kier molecular flexibility index (Phi) is 7.43. The van der Waals surface area contributed by atoms with Crippen LogP contribution in [-0.4, -0.2) is 34.0 Å². The van der Waals surface area contributed by atoms with Crippen LogP contribution in [0.4, 0.5) is 5.69 Å². The summed E-state index contributed by atoms with van der Waals surface area (Å²) in [6.07, 6.45) is 3.70. The molecule has 1 saturated heterocycles. The number of aryl methyl sites for hydroxylation is 1. The lowest BCUT2D eigenvalue weighted by molar-refractivity contribution is 0.102. The first-order chi connectivity index (χ1) is 14.2. The summed E-state index contributed by atoms with van der Waals surface area (Å²) in [5.41, 5.74) is 3.05. The summed E-state index contributed by atoms with van der Waals surface area (Å²) in [5.74, 6) is 0.339. The fraction of sp³-hybridized carbons (Fsp3) is 0.318. The van der Waals surface area contributed by atoms with Crippen molar-refractivity contribution in [2.24, 2.45) is 0 Å². The highest BCUT2D eigenvalue weighted by atomic mass is 35.5. The lowest BCUT2D eigenvalue weighted by Crippen LogP contribution is -2.29. The zero-order chi connectivity index (χ0) is 20.1. The average Bonchev–Trinajstić information content (AvgIpc) is 3.26. The molecule has 1 amide bonds. The summed E-state index contributed by atoms with van der Waals surface area (Å²) < 4.78 is 7.78. The second-order valence-electron chi connectivity index (χ2n) is 7.29. The summed E-state index contributed by atoms with van der Waals surface area (Å²) >= 11 is 0. The van der Waals surface area contributed by atoms with Crippen molar-refractivity contribution in [1.29, 1.82) is 0 Å². The van der Waals surface area contributed by atoms with Gasteiger partial charge in [0.05, 0.1) is 17.9 Å². The van der Waals surface area contributed by atoms with Gasteiger partial charge in [0.25, 0.3) is 5.91 Å². The Labute approximate surface area is 182 Å². The standard InChI is InChI=1S/C22H25N5O2.ClH/c1-16-7-8-19(21(13-16)29-15-17-5-3-2-4-6-17)24-22(28)20-14-27(26-25-20)18-9-11-23-12-10-18;/h2-8,13-14,18,23H,9-12,15H2,1H3,(H,24,28);1H. The summed E-state index contributed by atoms with van der Waals surface area (Å²) in [4.78, 5) is 12.7. The number of halogens is 1. The molecule has 1 fully saturated rings. The Morgan fingerprint density at radius 3 is 2.73 bits per heavy atom.